The van der Waals surface area contributed by atoms with Crippen molar-refractivity contribution in [1.82, 2.24) is 15.2 Å². The van der Waals surface area contributed by atoms with Crippen LogP contribution in [0.15, 0.2) is 42.6 Å². The highest BCUT2D eigenvalue weighted by atomic mass is 35.5. The van der Waals surface area contributed by atoms with Gasteiger partial charge in [-0.05, 0) is 62.2 Å². The first-order chi connectivity index (χ1) is 12.3. The second-order valence-electron chi connectivity index (χ2n) is 6.83. The Hall–Kier alpha value is -1.62. The number of benzene rings is 1. The van der Waals surface area contributed by atoms with E-state index in [1.807, 2.05) is 36.4 Å². The summed E-state index contributed by atoms with van der Waals surface area (Å²) in [5.41, 5.74) is 1.04. The maximum Gasteiger partial charge on any atom is 0.145 e. The summed E-state index contributed by atoms with van der Waals surface area (Å²) in [6, 6.07) is 12.3. The average molecular weight is 357 g/mol. The van der Waals surface area contributed by atoms with Crippen LogP contribution in [0.2, 0.25) is 5.02 Å². The normalized spacial score (nSPS) is 22.2. The lowest BCUT2D eigenvalue weighted by Crippen LogP contribution is -2.42. The van der Waals surface area contributed by atoms with Crippen LogP contribution in [0.4, 0.5) is 0 Å². The molecule has 2 aliphatic rings. The second-order valence-corrected chi connectivity index (χ2v) is 7.27. The van der Waals surface area contributed by atoms with Crippen molar-refractivity contribution in [3.8, 4) is 11.5 Å². The van der Waals surface area contributed by atoms with Crippen LogP contribution in [0.25, 0.3) is 0 Å². The molecule has 0 N–H and O–H groups in total. The Bertz CT molecular complexity index is 685. The number of halogens is 1. The number of hydrogen-bond acceptors (Lipinski definition) is 3. The molecule has 5 heteroatoms. The Morgan fingerprint density at radius 1 is 1.00 bits per heavy atom. The molecule has 1 radical (unpaired) electrons. The van der Waals surface area contributed by atoms with Crippen molar-refractivity contribution in [2.75, 3.05) is 19.6 Å². The van der Waals surface area contributed by atoms with Crippen LogP contribution in [-0.2, 0) is 0 Å². The summed E-state index contributed by atoms with van der Waals surface area (Å²) in [5.74, 6) is 1.49. The van der Waals surface area contributed by atoms with Crippen molar-refractivity contribution in [1.29, 1.82) is 0 Å². The monoisotopic (exact) mass is 356 g/mol. The molecule has 25 heavy (non-hydrogen) atoms. The van der Waals surface area contributed by atoms with Gasteiger partial charge in [-0.2, -0.15) is 0 Å². The first-order valence-corrected chi connectivity index (χ1v) is 9.46. The molecule has 4 nitrogen and oxygen atoms in total. The molecule has 0 amide bonds. The molecular formula is C20H23ClN3O. The van der Waals surface area contributed by atoms with Crippen LogP contribution in [-0.4, -0.2) is 35.6 Å². The molecule has 2 heterocycles. The van der Waals surface area contributed by atoms with Crippen molar-refractivity contribution in [2.24, 2.45) is 0 Å². The van der Waals surface area contributed by atoms with Gasteiger partial charge in [0.05, 0.1) is 17.9 Å². The van der Waals surface area contributed by atoms with Gasteiger partial charge in [0.1, 0.15) is 11.5 Å². The molecular weight excluding hydrogens is 334 g/mol. The highest BCUT2D eigenvalue weighted by molar-refractivity contribution is 6.30. The van der Waals surface area contributed by atoms with E-state index in [-0.39, 0.29) is 6.04 Å². The van der Waals surface area contributed by atoms with E-state index in [0.717, 1.165) is 42.7 Å². The summed E-state index contributed by atoms with van der Waals surface area (Å²) in [6.45, 7) is 3.09. The maximum absolute atomic E-state index is 5.90. The van der Waals surface area contributed by atoms with Crippen molar-refractivity contribution in [2.45, 2.75) is 37.8 Å². The summed E-state index contributed by atoms with van der Waals surface area (Å²) >= 11 is 5.90. The molecule has 1 atom stereocenters. The van der Waals surface area contributed by atoms with Gasteiger partial charge in [0.2, 0.25) is 0 Å². The Morgan fingerprint density at radius 3 is 2.48 bits per heavy atom. The van der Waals surface area contributed by atoms with Crippen LogP contribution in [0.3, 0.4) is 0 Å². The van der Waals surface area contributed by atoms with Crippen molar-refractivity contribution in [3.05, 3.63) is 53.3 Å². The third-order valence-electron chi connectivity index (χ3n) is 5.10. The lowest BCUT2D eigenvalue weighted by Gasteiger charge is -2.37. The molecule has 1 saturated carbocycles. The number of pyridine rings is 1. The Morgan fingerprint density at radius 2 is 1.80 bits per heavy atom. The molecule has 1 saturated heterocycles. The van der Waals surface area contributed by atoms with Crippen LogP contribution >= 0.6 is 11.6 Å². The van der Waals surface area contributed by atoms with Gasteiger partial charge >= 0.3 is 0 Å². The van der Waals surface area contributed by atoms with Crippen LogP contribution in [0, 0.1) is 0 Å². The Balaban J connectivity index is 1.42. The molecule has 2 fully saturated rings. The molecule has 1 aromatic heterocycles. The van der Waals surface area contributed by atoms with Crippen LogP contribution < -0.4 is 10.1 Å². The molecule has 1 aromatic carbocycles. The van der Waals surface area contributed by atoms with E-state index in [1.165, 1.54) is 25.8 Å². The lowest BCUT2D eigenvalue weighted by atomic mass is 9.91. The standard InChI is InChI=1S/C20H23ClN3O/c21-15-5-7-17(8-6-15)25-18-9-10-19(23-13-18)20-14-24(12-2-11-22-20)16-3-1-4-16/h5-10,13,16,20H,1-4,11-12,14H2. The fourth-order valence-electron chi connectivity index (χ4n) is 3.45. The first-order valence-electron chi connectivity index (χ1n) is 9.08. The van der Waals surface area contributed by atoms with Gasteiger partial charge in [0.25, 0.3) is 0 Å². The van der Waals surface area contributed by atoms with E-state index in [1.54, 1.807) is 6.20 Å². The molecule has 2 aromatic rings. The van der Waals surface area contributed by atoms with E-state index in [9.17, 15) is 0 Å². The summed E-state index contributed by atoms with van der Waals surface area (Å²) in [4.78, 5) is 7.24. The number of rotatable bonds is 4. The Kier molecular flexibility index (Phi) is 5.20. The number of aromatic nitrogens is 1. The zero-order valence-electron chi connectivity index (χ0n) is 14.3. The van der Waals surface area contributed by atoms with Gasteiger partial charge in [-0.25, -0.2) is 5.32 Å². The lowest BCUT2D eigenvalue weighted by molar-refractivity contribution is 0.124. The van der Waals surface area contributed by atoms with Crippen molar-refractivity contribution in [3.63, 3.8) is 0 Å². The Labute approximate surface area is 154 Å². The minimum Gasteiger partial charge on any atom is -0.456 e. The third kappa shape index (κ3) is 4.14. The molecule has 131 valence electrons. The van der Waals surface area contributed by atoms with E-state index in [2.05, 4.69) is 9.88 Å². The fourth-order valence-corrected chi connectivity index (χ4v) is 3.58. The van der Waals surface area contributed by atoms with Crippen LogP contribution in [0.1, 0.15) is 37.4 Å². The van der Waals surface area contributed by atoms with Gasteiger partial charge in [0, 0.05) is 24.2 Å². The van der Waals surface area contributed by atoms with Crippen molar-refractivity contribution >= 4 is 11.6 Å². The highest BCUT2D eigenvalue weighted by Gasteiger charge is 2.29. The molecule has 0 bridgehead atoms. The topological polar surface area (TPSA) is 39.5 Å². The van der Waals surface area contributed by atoms with Gasteiger partial charge < -0.3 is 4.74 Å². The largest absolute Gasteiger partial charge is 0.456 e. The maximum atomic E-state index is 5.90. The fraction of sp³-hybridized carbons (Fsp3) is 0.450. The zero-order chi connectivity index (χ0) is 17.1. The quantitative estimate of drug-likeness (QED) is 0.813. The molecule has 1 unspecified atom stereocenters. The molecule has 0 spiro atoms. The number of hydrogen-bond donors (Lipinski definition) is 0. The first kappa shape index (κ1) is 16.8. The second kappa shape index (κ2) is 7.73. The molecule has 1 aliphatic heterocycles. The molecule has 1 aliphatic carbocycles. The average Bonchev–Trinajstić information content (AvgIpc) is 2.82. The number of nitrogens with zero attached hydrogens (tertiary/aromatic N) is 3. The summed E-state index contributed by atoms with van der Waals surface area (Å²) < 4.78 is 5.82. The van der Waals surface area contributed by atoms with Gasteiger partial charge in [0.15, 0.2) is 0 Å². The van der Waals surface area contributed by atoms with E-state index in [4.69, 9.17) is 21.7 Å². The SMILES string of the molecule is Clc1ccc(Oc2ccc(C3CN(C4CCC4)CCC[N]3)nc2)cc1. The predicted octanol–water partition coefficient (Wildman–Crippen LogP) is 4.43. The summed E-state index contributed by atoms with van der Waals surface area (Å²) in [5, 5.41) is 5.55. The minimum atomic E-state index is 0.174. The summed E-state index contributed by atoms with van der Waals surface area (Å²) in [7, 11) is 0. The van der Waals surface area contributed by atoms with E-state index in [0.29, 0.717) is 5.02 Å². The highest BCUT2D eigenvalue weighted by Crippen LogP contribution is 2.29. The van der Waals surface area contributed by atoms with Crippen LogP contribution in [0.5, 0.6) is 11.5 Å². The smallest absolute Gasteiger partial charge is 0.145 e. The van der Waals surface area contributed by atoms with E-state index < -0.39 is 0 Å². The molecule has 4 rings (SSSR count). The predicted molar refractivity (Wildman–Crippen MR) is 99.3 cm³/mol. The van der Waals surface area contributed by atoms with Gasteiger partial charge in [-0.1, -0.05) is 18.0 Å². The number of ether oxygens (including phenoxy) is 1. The van der Waals surface area contributed by atoms with Crippen molar-refractivity contribution < 1.29 is 4.74 Å². The van der Waals surface area contributed by atoms with Gasteiger partial charge in [-0.15, -0.1) is 0 Å². The summed E-state index contributed by atoms with van der Waals surface area (Å²) in [6.07, 6.45) is 7.00. The third-order valence-corrected chi connectivity index (χ3v) is 5.35. The zero-order valence-corrected chi connectivity index (χ0v) is 15.0. The van der Waals surface area contributed by atoms with E-state index >= 15 is 0 Å². The van der Waals surface area contributed by atoms with Gasteiger partial charge in [-0.3, -0.25) is 9.88 Å². The minimum absolute atomic E-state index is 0.174.